The molecular weight excluding hydrogens is 404 g/mol. The van der Waals surface area contributed by atoms with Gasteiger partial charge in [-0.05, 0) is 55.7 Å². The van der Waals surface area contributed by atoms with Crippen LogP contribution in [0.3, 0.4) is 0 Å². The van der Waals surface area contributed by atoms with E-state index in [-0.39, 0.29) is 23.3 Å². The van der Waals surface area contributed by atoms with E-state index in [0.717, 1.165) is 31.2 Å². The van der Waals surface area contributed by atoms with E-state index in [1.54, 1.807) is 36.4 Å². The van der Waals surface area contributed by atoms with Crippen LogP contribution in [0.5, 0.6) is 11.5 Å². The summed E-state index contributed by atoms with van der Waals surface area (Å²) in [6.07, 6.45) is 7.97. The highest BCUT2D eigenvalue weighted by atomic mass is 16.6. The minimum absolute atomic E-state index is 0.0285. The van der Waals surface area contributed by atoms with Gasteiger partial charge in [-0.1, -0.05) is 49.4 Å². The van der Waals surface area contributed by atoms with Crippen molar-refractivity contribution in [2.24, 2.45) is 0 Å². The van der Waals surface area contributed by atoms with Crippen molar-refractivity contribution in [3.63, 3.8) is 0 Å². The van der Waals surface area contributed by atoms with Crippen molar-refractivity contribution >= 4 is 18.0 Å². The summed E-state index contributed by atoms with van der Waals surface area (Å²) < 4.78 is 10.9. The minimum atomic E-state index is -0.490. The Morgan fingerprint density at radius 3 is 2.47 bits per heavy atom. The molecule has 6 nitrogen and oxygen atoms in total. The van der Waals surface area contributed by atoms with Gasteiger partial charge in [0.1, 0.15) is 11.6 Å². The summed E-state index contributed by atoms with van der Waals surface area (Å²) in [4.78, 5) is 25.1. The smallest absolute Gasteiger partial charge is 0.343 e. The van der Waals surface area contributed by atoms with E-state index in [9.17, 15) is 14.9 Å². The third-order valence-electron chi connectivity index (χ3n) is 5.51. The van der Waals surface area contributed by atoms with Gasteiger partial charge in [-0.3, -0.25) is 4.79 Å². The molecule has 2 aromatic rings. The number of carbonyl (C=O) groups is 2. The first-order valence-corrected chi connectivity index (χ1v) is 10.9. The number of amides is 1. The lowest BCUT2D eigenvalue weighted by molar-refractivity contribution is -0.117. The summed E-state index contributed by atoms with van der Waals surface area (Å²) in [5, 5.41) is 12.5. The highest BCUT2D eigenvalue weighted by Crippen LogP contribution is 2.30. The van der Waals surface area contributed by atoms with E-state index in [0.29, 0.717) is 16.9 Å². The van der Waals surface area contributed by atoms with Gasteiger partial charge in [-0.15, -0.1) is 0 Å². The number of hydrogen-bond donors (Lipinski definition) is 1. The van der Waals surface area contributed by atoms with Crippen LogP contribution in [0.1, 0.15) is 60.0 Å². The number of benzene rings is 2. The van der Waals surface area contributed by atoms with Crippen LogP contribution < -0.4 is 14.8 Å². The van der Waals surface area contributed by atoms with E-state index < -0.39 is 5.97 Å². The van der Waals surface area contributed by atoms with Crippen molar-refractivity contribution in [1.29, 1.82) is 5.26 Å². The average molecular weight is 433 g/mol. The topological polar surface area (TPSA) is 88.4 Å². The maximum Gasteiger partial charge on any atom is 0.343 e. The number of nitriles is 1. The molecule has 0 saturated heterocycles. The number of nitrogens with zero attached hydrogens (tertiary/aromatic N) is 1. The van der Waals surface area contributed by atoms with Crippen molar-refractivity contribution in [3.8, 4) is 17.6 Å². The SMILES string of the molecule is COc1cc(/C=C(\C#N)C(=O)NC2CCCCCC2)ccc1OC(=O)c1cccc(C)c1. The zero-order valence-electron chi connectivity index (χ0n) is 18.5. The fourth-order valence-corrected chi connectivity index (χ4v) is 3.79. The van der Waals surface area contributed by atoms with E-state index in [1.807, 2.05) is 19.1 Å². The Balaban J connectivity index is 1.74. The molecule has 2 aromatic carbocycles. The Kier molecular flexibility index (Phi) is 8.04. The van der Waals surface area contributed by atoms with Gasteiger partial charge in [0.25, 0.3) is 5.91 Å². The van der Waals surface area contributed by atoms with Crippen molar-refractivity contribution < 1.29 is 19.1 Å². The summed E-state index contributed by atoms with van der Waals surface area (Å²) in [6.45, 7) is 1.90. The first kappa shape index (κ1) is 23.1. The Hall–Kier alpha value is -3.59. The van der Waals surface area contributed by atoms with Crippen molar-refractivity contribution in [3.05, 3.63) is 64.7 Å². The monoisotopic (exact) mass is 432 g/mol. The molecule has 0 unspecified atom stereocenters. The molecule has 3 rings (SSSR count). The molecule has 0 bridgehead atoms. The molecule has 1 aliphatic rings. The van der Waals surface area contributed by atoms with E-state index in [1.165, 1.54) is 26.0 Å². The van der Waals surface area contributed by atoms with Crippen LogP contribution >= 0.6 is 0 Å². The first-order chi connectivity index (χ1) is 15.5. The third-order valence-corrected chi connectivity index (χ3v) is 5.51. The maximum absolute atomic E-state index is 12.6. The summed E-state index contributed by atoms with van der Waals surface area (Å²) >= 11 is 0. The number of ether oxygens (including phenoxy) is 2. The predicted octanol–water partition coefficient (Wildman–Crippen LogP) is 4.97. The Bertz CT molecular complexity index is 1040. The van der Waals surface area contributed by atoms with Crippen LogP contribution in [0.15, 0.2) is 48.0 Å². The summed E-state index contributed by atoms with van der Waals surface area (Å²) in [5.41, 5.74) is 2.03. The van der Waals surface area contributed by atoms with Crippen molar-refractivity contribution in [2.75, 3.05) is 7.11 Å². The Morgan fingerprint density at radius 1 is 1.06 bits per heavy atom. The normalized spacial score (nSPS) is 14.7. The molecule has 1 aliphatic carbocycles. The minimum Gasteiger partial charge on any atom is -0.493 e. The van der Waals surface area contributed by atoms with Crippen LogP contribution in [0.4, 0.5) is 0 Å². The largest absolute Gasteiger partial charge is 0.493 e. The van der Waals surface area contributed by atoms with Gasteiger partial charge in [0.2, 0.25) is 0 Å². The van der Waals surface area contributed by atoms with Gasteiger partial charge in [0.05, 0.1) is 12.7 Å². The molecule has 6 heteroatoms. The molecule has 0 aliphatic heterocycles. The van der Waals surface area contributed by atoms with Crippen LogP contribution in [-0.2, 0) is 4.79 Å². The van der Waals surface area contributed by atoms with Gasteiger partial charge in [-0.2, -0.15) is 5.26 Å². The second-order valence-corrected chi connectivity index (χ2v) is 8.00. The van der Waals surface area contributed by atoms with Crippen molar-refractivity contribution in [1.82, 2.24) is 5.32 Å². The lowest BCUT2D eigenvalue weighted by Crippen LogP contribution is -2.35. The molecule has 0 radical (unpaired) electrons. The van der Waals surface area contributed by atoms with Gasteiger partial charge in [0.15, 0.2) is 11.5 Å². The number of esters is 1. The van der Waals surface area contributed by atoms with Gasteiger partial charge < -0.3 is 14.8 Å². The second-order valence-electron chi connectivity index (χ2n) is 8.00. The molecule has 0 heterocycles. The molecule has 1 amide bonds. The summed E-state index contributed by atoms with van der Waals surface area (Å²) in [7, 11) is 1.47. The van der Waals surface area contributed by atoms with E-state index in [2.05, 4.69) is 5.32 Å². The third kappa shape index (κ3) is 6.21. The lowest BCUT2D eigenvalue weighted by Gasteiger charge is -2.15. The number of rotatable bonds is 6. The van der Waals surface area contributed by atoms with E-state index in [4.69, 9.17) is 9.47 Å². The zero-order chi connectivity index (χ0) is 22.9. The number of hydrogen-bond acceptors (Lipinski definition) is 5. The summed E-state index contributed by atoms with van der Waals surface area (Å²) in [5.74, 6) is -0.261. The van der Waals surface area contributed by atoms with Crippen LogP contribution in [0.25, 0.3) is 6.08 Å². The quantitative estimate of drug-likeness (QED) is 0.229. The fraction of sp³-hybridized carbons (Fsp3) is 0.346. The van der Waals surface area contributed by atoms with E-state index >= 15 is 0 Å². The standard InChI is InChI=1S/C26H28N2O4/c1-18-8-7-9-20(14-18)26(30)32-23-13-12-19(16-24(23)31-2)15-21(17-27)25(29)28-22-10-5-3-4-6-11-22/h7-9,12-16,22H,3-6,10-11H2,1-2H3,(H,28,29)/b21-15+. The molecule has 1 fully saturated rings. The molecule has 166 valence electrons. The van der Waals surface area contributed by atoms with Gasteiger partial charge >= 0.3 is 5.97 Å². The first-order valence-electron chi connectivity index (χ1n) is 10.9. The van der Waals surface area contributed by atoms with Crippen LogP contribution in [0.2, 0.25) is 0 Å². The van der Waals surface area contributed by atoms with Gasteiger partial charge in [0, 0.05) is 6.04 Å². The lowest BCUT2D eigenvalue weighted by atomic mass is 10.1. The number of carbonyl (C=O) groups excluding carboxylic acids is 2. The molecule has 32 heavy (non-hydrogen) atoms. The molecule has 0 spiro atoms. The molecule has 1 saturated carbocycles. The van der Waals surface area contributed by atoms with Crippen LogP contribution in [0, 0.1) is 18.3 Å². The average Bonchev–Trinajstić information content (AvgIpc) is 3.06. The fourth-order valence-electron chi connectivity index (χ4n) is 3.79. The number of nitrogens with one attached hydrogen (secondary N) is 1. The number of methoxy groups -OCH3 is 1. The highest BCUT2D eigenvalue weighted by Gasteiger charge is 2.18. The second kappa shape index (κ2) is 11.1. The predicted molar refractivity (Wildman–Crippen MR) is 122 cm³/mol. The Morgan fingerprint density at radius 2 is 1.81 bits per heavy atom. The molecule has 0 atom stereocenters. The number of aryl methyl sites for hydroxylation is 1. The maximum atomic E-state index is 12.6. The molecule has 0 aromatic heterocycles. The molecular formula is C26H28N2O4. The Labute approximate surface area is 188 Å². The van der Waals surface area contributed by atoms with Crippen LogP contribution in [-0.4, -0.2) is 25.0 Å². The van der Waals surface area contributed by atoms with Gasteiger partial charge in [-0.25, -0.2) is 4.79 Å². The molecule has 1 N–H and O–H groups in total. The zero-order valence-corrected chi connectivity index (χ0v) is 18.5. The highest BCUT2D eigenvalue weighted by molar-refractivity contribution is 6.02. The van der Waals surface area contributed by atoms with Crippen molar-refractivity contribution in [2.45, 2.75) is 51.5 Å². The summed E-state index contributed by atoms with van der Waals surface area (Å²) in [6, 6.07) is 14.1.